The molecule has 1 rings (SSSR count). The summed E-state index contributed by atoms with van der Waals surface area (Å²) in [6, 6.07) is 6.66. The van der Waals surface area contributed by atoms with Gasteiger partial charge in [-0.15, -0.1) is 0 Å². The smallest absolute Gasteiger partial charge is 0.339 e. The van der Waals surface area contributed by atoms with Crippen molar-refractivity contribution in [3.63, 3.8) is 0 Å². The summed E-state index contributed by atoms with van der Waals surface area (Å²) in [6.07, 6.45) is 0. The molecule has 0 aliphatic heterocycles. The Morgan fingerprint density at radius 1 is 1.62 bits per heavy atom. The van der Waals surface area contributed by atoms with Crippen molar-refractivity contribution in [2.45, 2.75) is 0 Å². The molecule has 0 unspecified atom stereocenters. The average Bonchev–Trinajstić information content (AvgIpc) is 2.16. The molecule has 13 heavy (non-hydrogen) atoms. The van der Waals surface area contributed by atoms with Gasteiger partial charge in [0.15, 0.2) is 0 Å². The third-order valence-corrected chi connectivity index (χ3v) is 2.16. The second kappa shape index (κ2) is 4.06. The lowest BCUT2D eigenvalue weighted by Crippen LogP contribution is -2.02. The fourth-order valence-electron chi connectivity index (χ4n) is 0.860. The molecular formula is C9H6BrNO2. The van der Waals surface area contributed by atoms with E-state index in [0.29, 0.717) is 15.6 Å². The van der Waals surface area contributed by atoms with E-state index in [1.165, 1.54) is 7.11 Å². The van der Waals surface area contributed by atoms with Crippen LogP contribution in [0.1, 0.15) is 15.9 Å². The zero-order chi connectivity index (χ0) is 9.84. The van der Waals surface area contributed by atoms with Gasteiger partial charge in [0.2, 0.25) is 0 Å². The molecule has 0 heterocycles. The number of rotatable bonds is 1. The standard InChI is InChI=1S/C9H6BrNO2/c1-13-9(12)7-3-2-6(5-11)4-8(7)10/h2-4H,1H3. The number of benzene rings is 1. The summed E-state index contributed by atoms with van der Waals surface area (Å²) in [6.45, 7) is 0. The molecule has 0 aromatic heterocycles. The van der Waals surface area contributed by atoms with Crippen LogP contribution in [0.2, 0.25) is 0 Å². The first kappa shape index (κ1) is 9.75. The normalized spacial score (nSPS) is 9.00. The van der Waals surface area contributed by atoms with Gasteiger partial charge in [0.25, 0.3) is 0 Å². The number of hydrogen-bond donors (Lipinski definition) is 0. The van der Waals surface area contributed by atoms with Crippen LogP contribution in [0.4, 0.5) is 0 Å². The minimum atomic E-state index is -0.420. The summed E-state index contributed by atoms with van der Waals surface area (Å²) in [7, 11) is 1.31. The lowest BCUT2D eigenvalue weighted by atomic mass is 10.1. The number of nitrogens with zero attached hydrogens (tertiary/aromatic N) is 1. The first-order valence-corrected chi connectivity index (χ1v) is 4.26. The van der Waals surface area contributed by atoms with Crippen molar-refractivity contribution < 1.29 is 9.53 Å². The predicted octanol–water partition coefficient (Wildman–Crippen LogP) is 2.11. The molecule has 0 fully saturated rings. The van der Waals surface area contributed by atoms with Gasteiger partial charge in [-0.05, 0) is 34.1 Å². The van der Waals surface area contributed by atoms with Crippen molar-refractivity contribution in [1.82, 2.24) is 0 Å². The summed E-state index contributed by atoms with van der Waals surface area (Å²) in [5.41, 5.74) is 0.918. The zero-order valence-electron chi connectivity index (χ0n) is 6.87. The van der Waals surface area contributed by atoms with E-state index >= 15 is 0 Å². The van der Waals surface area contributed by atoms with Gasteiger partial charge in [-0.1, -0.05) is 0 Å². The lowest BCUT2D eigenvalue weighted by Gasteiger charge is -2.01. The predicted molar refractivity (Wildman–Crippen MR) is 50.2 cm³/mol. The lowest BCUT2D eigenvalue weighted by molar-refractivity contribution is 0.0599. The molecule has 0 radical (unpaired) electrons. The number of nitriles is 1. The third-order valence-electron chi connectivity index (χ3n) is 1.50. The number of carbonyl (C=O) groups is 1. The Morgan fingerprint density at radius 3 is 2.77 bits per heavy atom. The molecule has 0 atom stereocenters. The Bertz CT molecular complexity index is 382. The van der Waals surface area contributed by atoms with Gasteiger partial charge in [0.05, 0.1) is 24.3 Å². The largest absolute Gasteiger partial charge is 0.465 e. The van der Waals surface area contributed by atoms with Crippen LogP contribution in [0.15, 0.2) is 22.7 Å². The molecule has 1 aromatic carbocycles. The number of ether oxygens (including phenoxy) is 1. The highest BCUT2D eigenvalue weighted by Crippen LogP contribution is 2.18. The molecular weight excluding hydrogens is 234 g/mol. The second-order valence-corrected chi connectivity index (χ2v) is 3.15. The molecule has 0 aliphatic rings. The minimum Gasteiger partial charge on any atom is -0.465 e. The molecule has 3 nitrogen and oxygen atoms in total. The van der Waals surface area contributed by atoms with Crippen LogP contribution >= 0.6 is 15.9 Å². The second-order valence-electron chi connectivity index (χ2n) is 2.30. The van der Waals surface area contributed by atoms with E-state index in [4.69, 9.17) is 5.26 Å². The van der Waals surface area contributed by atoms with Crippen LogP contribution in [0.5, 0.6) is 0 Å². The van der Waals surface area contributed by atoms with Crippen molar-refractivity contribution in [3.05, 3.63) is 33.8 Å². The van der Waals surface area contributed by atoms with E-state index < -0.39 is 5.97 Å². The average molecular weight is 240 g/mol. The monoisotopic (exact) mass is 239 g/mol. The number of methoxy groups -OCH3 is 1. The highest BCUT2D eigenvalue weighted by molar-refractivity contribution is 9.10. The Labute approximate surface area is 84.1 Å². The van der Waals surface area contributed by atoms with Crippen molar-refractivity contribution in [1.29, 1.82) is 5.26 Å². The SMILES string of the molecule is COC(=O)c1ccc(C#N)cc1Br. The molecule has 0 amide bonds. The molecule has 4 heteroatoms. The molecule has 0 aliphatic carbocycles. The van der Waals surface area contributed by atoms with Gasteiger partial charge < -0.3 is 4.74 Å². The molecule has 0 spiro atoms. The van der Waals surface area contributed by atoms with Crippen LogP contribution < -0.4 is 0 Å². The van der Waals surface area contributed by atoms with E-state index in [1.807, 2.05) is 6.07 Å². The van der Waals surface area contributed by atoms with Gasteiger partial charge in [0, 0.05) is 4.47 Å². The van der Waals surface area contributed by atoms with Gasteiger partial charge in [0.1, 0.15) is 0 Å². The molecule has 0 N–H and O–H groups in total. The van der Waals surface area contributed by atoms with Crippen LogP contribution in [0, 0.1) is 11.3 Å². The maximum Gasteiger partial charge on any atom is 0.339 e. The first-order chi connectivity index (χ1) is 6.19. The Morgan fingerprint density at radius 2 is 2.31 bits per heavy atom. The fourth-order valence-corrected chi connectivity index (χ4v) is 1.40. The van der Waals surface area contributed by atoms with Crippen molar-refractivity contribution in [2.24, 2.45) is 0 Å². The number of esters is 1. The summed E-state index contributed by atoms with van der Waals surface area (Å²) in [5, 5.41) is 8.56. The molecule has 0 bridgehead atoms. The molecule has 0 saturated carbocycles. The Kier molecular flexibility index (Phi) is 3.04. The summed E-state index contributed by atoms with van der Waals surface area (Å²) in [5.74, 6) is -0.420. The number of carbonyl (C=O) groups excluding carboxylic acids is 1. The van der Waals surface area contributed by atoms with Crippen LogP contribution in [-0.2, 0) is 4.74 Å². The van der Waals surface area contributed by atoms with Gasteiger partial charge >= 0.3 is 5.97 Å². The zero-order valence-corrected chi connectivity index (χ0v) is 8.46. The number of halogens is 1. The topological polar surface area (TPSA) is 50.1 Å². The highest BCUT2D eigenvalue weighted by Gasteiger charge is 2.09. The van der Waals surface area contributed by atoms with Crippen molar-refractivity contribution >= 4 is 21.9 Å². The third kappa shape index (κ3) is 2.07. The molecule has 0 saturated heterocycles. The Balaban J connectivity index is 3.14. The van der Waals surface area contributed by atoms with E-state index in [9.17, 15) is 4.79 Å². The maximum absolute atomic E-state index is 11.1. The fraction of sp³-hybridized carbons (Fsp3) is 0.111. The molecule has 1 aromatic rings. The minimum absolute atomic E-state index is 0.418. The van der Waals surface area contributed by atoms with Crippen LogP contribution in [0.3, 0.4) is 0 Å². The van der Waals surface area contributed by atoms with Crippen molar-refractivity contribution in [2.75, 3.05) is 7.11 Å². The summed E-state index contributed by atoms with van der Waals surface area (Å²) >= 11 is 3.18. The quantitative estimate of drug-likeness (QED) is 0.706. The van der Waals surface area contributed by atoms with E-state index in [-0.39, 0.29) is 0 Å². The van der Waals surface area contributed by atoms with E-state index in [0.717, 1.165) is 0 Å². The van der Waals surface area contributed by atoms with Crippen molar-refractivity contribution in [3.8, 4) is 6.07 Å². The highest BCUT2D eigenvalue weighted by atomic mass is 79.9. The number of hydrogen-bond acceptors (Lipinski definition) is 3. The van der Waals surface area contributed by atoms with E-state index in [1.54, 1.807) is 18.2 Å². The van der Waals surface area contributed by atoms with Crippen LogP contribution in [0.25, 0.3) is 0 Å². The molecule has 66 valence electrons. The maximum atomic E-state index is 11.1. The van der Waals surface area contributed by atoms with Gasteiger partial charge in [-0.2, -0.15) is 5.26 Å². The van der Waals surface area contributed by atoms with Crippen LogP contribution in [-0.4, -0.2) is 13.1 Å². The van der Waals surface area contributed by atoms with Gasteiger partial charge in [-0.25, -0.2) is 4.79 Å². The van der Waals surface area contributed by atoms with Gasteiger partial charge in [-0.3, -0.25) is 0 Å². The Hall–Kier alpha value is -1.34. The van der Waals surface area contributed by atoms with E-state index in [2.05, 4.69) is 20.7 Å². The summed E-state index contributed by atoms with van der Waals surface area (Å²) < 4.78 is 5.11. The first-order valence-electron chi connectivity index (χ1n) is 3.47. The summed E-state index contributed by atoms with van der Waals surface area (Å²) in [4.78, 5) is 11.1.